The van der Waals surface area contributed by atoms with Gasteiger partial charge in [0.05, 0.1) is 16.8 Å². The Morgan fingerprint density at radius 2 is 1.95 bits per heavy atom. The van der Waals surface area contributed by atoms with E-state index in [4.69, 9.17) is 0 Å². The minimum absolute atomic E-state index is 0.198. The molecular weight excluding hydrogens is 348 g/mol. The maximum absolute atomic E-state index is 12.4. The van der Waals surface area contributed by atoms with Crippen LogP contribution in [0, 0.1) is 0 Å². The molecule has 0 aliphatic heterocycles. The van der Waals surface area contributed by atoms with Crippen LogP contribution in [0.1, 0.15) is 10.4 Å². The molecule has 3 aromatic rings. The van der Waals surface area contributed by atoms with E-state index in [2.05, 4.69) is 38.9 Å². The highest BCUT2D eigenvalue weighted by Gasteiger charge is 2.12. The SMILES string of the molecule is O=C(Nc1cccc2cccnc12)c1cc(S)ccc1Br. The van der Waals surface area contributed by atoms with Gasteiger partial charge in [-0.3, -0.25) is 9.78 Å². The lowest BCUT2D eigenvalue weighted by molar-refractivity contribution is 0.102. The van der Waals surface area contributed by atoms with Gasteiger partial charge in [0.25, 0.3) is 5.91 Å². The second-order valence-electron chi connectivity index (χ2n) is 4.50. The second-order valence-corrected chi connectivity index (χ2v) is 5.87. The number of halogens is 1. The zero-order valence-electron chi connectivity index (χ0n) is 10.9. The van der Waals surface area contributed by atoms with Gasteiger partial charge < -0.3 is 5.32 Å². The van der Waals surface area contributed by atoms with Crippen LogP contribution in [0.2, 0.25) is 0 Å². The van der Waals surface area contributed by atoms with Crippen molar-refractivity contribution in [2.24, 2.45) is 0 Å². The summed E-state index contributed by atoms with van der Waals surface area (Å²) in [6.45, 7) is 0. The van der Waals surface area contributed by atoms with E-state index in [1.54, 1.807) is 18.3 Å². The Labute approximate surface area is 135 Å². The van der Waals surface area contributed by atoms with Crippen LogP contribution in [-0.2, 0) is 0 Å². The monoisotopic (exact) mass is 358 g/mol. The first-order chi connectivity index (χ1) is 10.1. The largest absolute Gasteiger partial charge is 0.320 e. The number of pyridine rings is 1. The van der Waals surface area contributed by atoms with Crippen LogP contribution in [0.5, 0.6) is 0 Å². The van der Waals surface area contributed by atoms with Crippen molar-refractivity contribution < 1.29 is 4.79 Å². The number of fused-ring (bicyclic) bond motifs is 1. The van der Waals surface area contributed by atoms with E-state index < -0.39 is 0 Å². The van der Waals surface area contributed by atoms with Crippen molar-refractivity contribution >= 4 is 51.1 Å². The second kappa shape index (κ2) is 5.87. The quantitative estimate of drug-likeness (QED) is 0.660. The van der Waals surface area contributed by atoms with E-state index in [-0.39, 0.29) is 5.91 Å². The molecule has 3 rings (SSSR count). The molecule has 3 nitrogen and oxygen atoms in total. The molecule has 0 unspecified atom stereocenters. The average Bonchev–Trinajstić information content (AvgIpc) is 2.50. The fraction of sp³-hybridized carbons (Fsp3) is 0. The van der Waals surface area contributed by atoms with Crippen molar-refractivity contribution in [3.05, 3.63) is 64.8 Å². The summed E-state index contributed by atoms with van der Waals surface area (Å²) in [5.74, 6) is -0.198. The van der Waals surface area contributed by atoms with E-state index in [1.807, 2.05) is 36.4 Å². The Hall–Kier alpha value is -1.85. The Morgan fingerprint density at radius 3 is 2.81 bits per heavy atom. The van der Waals surface area contributed by atoms with Crippen molar-refractivity contribution in [2.45, 2.75) is 4.90 Å². The van der Waals surface area contributed by atoms with Crippen molar-refractivity contribution in [3.8, 4) is 0 Å². The lowest BCUT2D eigenvalue weighted by Gasteiger charge is -2.09. The molecule has 1 N–H and O–H groups in total. The molecule has 1 amide bonds. The summed E-state index contributed by atoms with van der Waals surface area (Å²) in [5, 5.41) is 3.89. The Balaban J connectivity index is 1.99. The molecule has 0 aliphatic carbocycles. The van der Waals surface area contributed by atoms with Crippen molar-refractivity contribution in [1.82, 2.24) is 4.98 Å². The first kappa shape index (κ1) is 14.1. The predicted molar refractivity (Wildman–Crippen MR) is 91.1 cm³/mol. The topological polar surface area (TPSA) is 42.0 Å². The van der Waals surface area contributed by atoms with Gasteiger partial charge in [-0.05, 0) is 46.3 Å². The van der Waals surface area contributed by atoms with Gasteiger partial charge in [0.1, 0.15) is 0 Å². The van der Waals surface area contributed by atoms with E-state index in [1.165, 1.54) is 0 Å². The third-order valence-corrected chi connectivity index (χ3v) is 4.05. The van der Waals surface area contributed by atoms with Gasteiger partial charge in [-0.25, -0.2) is 0 Å². The minimum atomic E-state index is -0.198. The fourth-order valence-electron chi connectivity index (χ4n) is 2.08. The van der Waals surface area contributed by atoms with E-state index >= 15 is 0 Å². The molecule has 0 fully saturated rings. The number of hydrogen-bond donors (Lipinski definition) is 2. The first-order valence-electron chi connectivity index (χ1n) is 6.29. The van der Waals surface area contributed by atoms with Crippen molar-refractivity contribution in [1.29, 1.82) is 0 Å². The van der Waals surface area contributed by atoms with Crippen LogP contribution < -0.4 is 5.32 Å². The lowest BCUT2D eigenvalue weighted by atomic mass is 10.1. The molecule has 0 saturated heterocycles. The summed E-state index contributed by atoms with van der Waals surface area (Å²) in [6.07, 6.45) is 1.71. The highest BCUT2D eigenvalue weighted by atomic mass is 79.9. The van der Waals surface area contributed by atoms with Gasteiger partial charge in [0.2, 0.25) is 0 Å². The van der Waals surface area contributed by atoms with E-state index in [9.17, 15) is 4.79 Å². The molecular formula is C16H11BrN2OS. The van der Waals surface area contributed by atoms with Crippen LogP contribution in [0.25, 0.3) is 10.9 Å². The maximum Gasteiger partial charge on any atom is 0.256 e. The maximum atomic E-state index is 12.4. The van der Waals surface area contributed by atoms with Gasteiger partial charge in [-0.1, -0.05) is 18.2 Å². The summed E-state index contributed by atoms with van der Waals surface area (Å²) < 4.78 is 0.728. The summed E-state index contributed by atoms with van der Waals surface area (Å²) in [4.78, 5) is 17.5. The average molecular weight is 359 g/mol. The molecule has 2 aromatic carbocycles. The number of anilines is 1. The van der Waals surface area contributed by atoms with Crippen molar-refractivity contribution in [3.63, 3.8) is 0 Å². The smallest absolute Gasteiger partial charge is 0.256 e. The van der Waals surface area contributed by atoms with Crippen LogP contribution >= 0.6 is 28.6 Å². The standard InChI is InChI=1S/C16H11BrN2OS/c17-13-7-6-11(21)9-12(13)16(20)19-14-5-1-3-10-4-2-8-18-15(10)14/h1-9,21H,(H,19,20). The molecule has 0 saturated carbocycles. The molecule has 1 heterocycles. The molecule has 104 valence electrons. The summed E-state index contributed by atoms with van der Waals surface area (Å²) in [5.41, 5.74) is 2.00. The van der Waals surface area contributed by atoms with E-state index in [0.29, 0.717) is 11.3 Å². The number of hydrogen-bond acceptors (Lipinski definition) is 3. The summed E-state index contributed by atoms with van der Waals surface area (Å²) >= 11 is 7.65. The highest BCUT2D eigenvalue weighted by molar-refractivity contribution is 9.10. The number of nitrogens with zero attached hydrogens (tertiary/aromatic N) is 1. The lowest BCUT2D eigenvalue weighted by Crippen LogP contribution is -2.13. The number of benzene rings is 2. The van der Waals surface area contributed by atoms with E-state index in [0.717, 1.165) is 20.3 Å². The number of carbonyl (C=O) groups is 1. The van der Waals surface area contributed by atoms with Gasteiger partial charge in [0, 0.05) is 21.0 Å². The normalized spacial score (nSPS) is 10.6. The van der Waals surface area contributed by atoms with Crippen LogP contribution in [0.3, 0.4) is 0 Å². The molecule has 0 spiro atoms. The summed E-state index contributed by atoms with van der Waals surface area (Å²) in [6, 6.07) is 14.9. The molecule has 0 radical (unpaired) electrons. The van der Waals surface area contributed by atoms with Crippen LogP contribution in [0.4, 0.5) is 5.69 Å². The molecule has 0 bridgehead atoms. The first-order valence-corrected chi connectivity index (χ1v) is 7.53. The number of amides is 1. The van der Waals surface area contributed by atoms with Crippen molar-refractivity contribution in [2.75, 3.05) is 5.32 Å². The third-order valence-electron chi connectivity index (χ3n) is 3.08. The number of rotatable bonds is 2. The van der Waals surface area contributed by atoms with Gasteiger partial charge in [0.15, 0.2) is 0 Å². The third kappa shape index (κ3) is 2.94. The number of para-hydroxylation sites is 1. The fourth-order valence-corrected chi connectivity index (χ4v) is 2.71. The number of aromatic nitrogens is 1. The zero-order chi connectivity index (χ0) is 14.8. The number of nitrogens with one attached hydrogen (secondary N) is 1. The predicted octanol–water partition coefficient (Wildman–Crippen LogP) is 4.54. The van der Waals surface area contributed by atoms with Crippen LogP contribution in [-0.4, -0.2) is 10.9 Å². The molecule has 21 heavy (non-hydrogen) atoms. The number of thiol groups is 1. The van der Waals surface area contributed by atoms with Gasteiger partial charge in [-0.2, -0.15) is 0 Å². The zero-order valence-corrected chi connectivity index (χ0v) is 13.4. The Morgan fingerprint density at radius 1 is 1.14 bits per heavy atom. The van der Waals surface area contributed by atoms with Gasteiger partial charge >= 0.3 is 0 Å². The Bertz CT molecular complexity index is 830. The molecule has 0 atom stereocenters. The molecule has 5 heteroatoms. The van der Waals surface area contributed by atoms with Gasteiger partial charge in [-0.15, -0.1) is 12.6 Å². The Kier molecular flexibility index (Phi) is 3.94. The summed E-state index contributed by atoms with van der Waals surface area (Å²) in [7, 11) is 0. The highest BCUT2D eigenvalue weighted by Crippen LogP contribution is 2.24. The molecule has 0 aliphatic rings. The van der Waals surface area contributed by atoms with Crippen LogP contribution in [0.15, 0.2) is 64.1 Å². The molecule has 1 aromatic heterocycles. The number of carbonyl (C=O) groups excluding carboxylic acids is 1. The minimum Gasteiger partial charge on any atom is -0.320 e.